The highest BCUT2D eigenvalue weighted by Crippen LogP contribution is 2.29. The van der Waals surface area contributed by atoms with Crippen LogP contribution in [0.15, 0.2) is 53.5 Å². The molecule has 2 aromatic carbocycles. The minimum Gasteiger partial charge on any atom is -0.484 e. The van der Waals surface area contributed by atoms with E-state index in [1.54, 1.807) is 37.2 Å². The molecule has 0 aliphatic carbocycles. The Kier molecular flexibility index (Phi) is 9.90. The maximum Gasteiger partial charge on any atom is 0.416 e. The molecule has 2 aromatic rings. The number of hydrogen-bond donors (Lipinski definition) is 2. The molecule has 0 bridgehead atoms. The van der Waals surface area contributed by atoms with Gasteiger partial charge in [0, 0.05) is 27.2 Å². The summed E-state index contributed by atoms with van der Waals surface area (Å²) in [5.41, 5.74) is 6.02. The molecule has 0 spiro atoms. The monoisotopic (exact) mass is 536 g/mol. The highest BCUT2D eigenvalue weighted by Gasteiger charge is 2.29. The molecule has 30 heavy (non-hydrogen) atoms. The van der Waals surface area contributed by atoms with Gasteiger partial charge in [-0.2, -0.15) is 13.2 Å². The Labute approximate surface area is 190 Å². The molecule has 0 aliphatic rings. The number of alkyl halides is 3. The quantitative estimate of drug-likeness (QED) is 0.323. The number of hydrogen-bond acceptors (Lipinski definition) is 3. The molecule has 0 aromatic heterocycles. The molecule has 0 heterocycles. The average molecular weight is 536 g/mol. The van der Waals surface area contributed by atoms with Gasteiger partial charge in [-0.3, -0.25) is 9.79 Å². The van der Waals surface area contributed by atoms with E-state index in [4.69, 9.17) is 10.5 Å². The summed E-state index contributed by atoms with van der Waals surface area (Å²) in [4.78, 5) is 16.8. The molecule has 0 atom stereocenters. The van der Waals surface area contributed by atoms with Crippen LogP contribution in [0.25, 0.3) is 0 Å². The lowest BCUT2D eigenvalue weighted by Gasteiger charge is -2.22. The zero-order valence-corrected chi connectivity index (χ0v) is 18.9. The number of ether oxygens (including phenoxy) is 1. The molecular weight excluding hydrogens is 512 g/mol. The summed E-state index contributed by atoms with van der Waals surface area (Å²) in [7, 11) is 3.41. The van der Waals surface area contributed by atoms with Crippen molar-refractivity contribution in [1.29, 1.82) is 0 Å². The van der Waals surface area contributed by atoms with Gasteiger partial charge in [0.2, 0.25) is 0 Å². The number of rotatable bonds is 7. The number of nitrogens with two attached hydrogens (primary N) is 1. The summed E-state index contributed by atoms with van der Waals surface area (Å²) in [5, 5.41) is 3.18. The molecule has 0 radical (unpaired) electrons. The van der Waals surface area contributed by atoms with Crippen molar-refractivity contribution >= 4 is 35.8 Å². The lowest BCUT2D eigenvalue weighted by atomic mass is 10.1. The Hall–Kier alpha value is -2.50. The van der Waals surface area contributed by atoms with Crippen molar-refractivity contribution in [2.24, 2.45) is 10.7 Å². The number of nitrogens with one attached hydrogen (secondary N) is 1. The van der Waals surface area contributed by atoms with Gasteiger partial charge >= 0.3 is 6.18 Å². The van der Waals surface area contributed by atoms with Crippen molar-refractivity contribution in [3.63, 3.8) is 0 Å². The molecule has 0 saturated carbocycles. The average Bonchev–Trinajstić information content (AvgIpc) is 2.67. The van der Waals surface area contributed by atoms with Crippen LogP contribution in [0.2, 0.25) is 0 Å². The van der Waals surface area contributed by atoms with Gasteiger partial charge in [0.1, 0.15) is 5.75 Å². The van der Waals surface area contributed by atoms with Crippen LogP contribution in [0, 0.1) is 0 Å². The van der Waals surface area contributed by atoms with Gasteiger partial charge < -0.3 is 20.7 Å². The van der Waals surface area contributed by atoms with E-state index in [2.05, 4.69) is 10.3 Å². The predicted molar refractivity (Wildman–Crippen MR) is 120 cm³/mol. The first-order valence-corrected chi connectivity index (χ1v) is 8.77. The first kappa shape index (κ1) is 25.5. The zero-order valence-electron chi connectivity index (χ0n) is 16.6. The van der Waals surface area contributed by atoms with Crippen LogP contribution in [0.5, 0.6) is 5.75 Å². The highest BCUT2D eigenvalue weighted by atomic mass is 127. The van der Waals surface area contributed by atoms with Crippen molar-refractivity contribution in [3.8, 4) is 5.75 Å². The van der Waals surface area contributed by atoms with E-state index in [-0.39, 0.29) is 30.6 Å². The third-order valence-electron chi connectivity index (χ3n) is 4.00. The highest BCUT2D eigenvalue weighted by molar-refractivity contribution is 14.0. The predicted octanol–water partition coefficient (Wildman–Crippen LogP) is 3.39. The van der Waals surface area contributed by atoms with Crippen LogP contribution in [0.3, 0.4) is 0 Å². The fraction of sp³-hybridized carbons (Fsp3) is 0.300. The fourth-order valence-electron chi connectivity index (χ4n) is 2.61. The molecule has 0 fully saturated rings. The Bertz CT molecular complexity index is 858. The van der Waals surface area contributed by atoms with Crippen molar-refractivity contribution in [3.05, 3.63) is 65.2 Å². The van der Waals surface area contributed by atoms with Gasteiger partial charge in [-0.15, -0.1) is 24.0 Å². The summed E-state index contributed by atoms with van der Waals surface area (Å²) < 4.78 is 43.3. The summed E-state index contributed by atoms with van der Waals surface area (Å²) in [6.07, 6.45) is -4.35. The van der Waals surface area contributed by atoms with Gasteiger partial charge in [-0.25, -0.2) is 0 Å². The van der Waals surface area contributed by atoms with Crippen molar-refractivity contribution in [2.45, 2.75) is 19.3 Å². The van der Waals surface area contributed by atoms with E-state index in [9.17, 15) is 18.0 Å². The molecule has 3 N–H and O–H groups in total. The van der Waals surface area contributed by atoms with E-state index >= 15 is 0 Å². The number of guanidine groups is 1. The van der Waals surface area contributed by atoms with E-state index in [0.717, 1.165) is 23.3 Å². The minimum atomic E-state index is -4.35. The Morgan fingerprint density at radius 2 is 1.83 bits per heavy atom. The first-order chi connectivity index (χ1) is 13.7. The Morgan fingerprint density at radius 1 is 1.17 bits per heavy atom. The third kappa shape index (κ3) is 8.09. The van der Waals surface area contributed by atoms with Crippen LogP contribution in [0.4, 0.5) is 13.2 Å². The molecule has 0 saturated heterocycles. The second kappa shape index (κ2) is 11.6. The van der Waals surface area contributed by atoms with Gasteiger partial charge in [-0.1, -0.05) is 24.3 Å². The van der Waals surface area contributed by atoms with E-state index in [1.807, 2.05) is 6.07 Å². The molecule has 0 unspecified atom stereocenters. The standard InChI is InChI=1S/C20H23F3N4O2.HI/c1-25-19(26-11-15-4-3-5-17(10-15)29-13-18(24)28)27(2)12-14-6-8-16(9-7-14)20(21,22)23;/h3-10H,11-13H2,1-2H3,(H2,24,28)(H,25,26);1H. The number of carbonyl (C=O) groups is 1. The SMILES string of the molecule is CN=C(NCc1cccc(OCC(N)=O)c1)N(C)Cc1ccc(C(F)(F)F)cc1.I. The summed E-state index contributed by atoms with van der Waals surface area (Å²) in [6, 6.07) is 12.2. The number of nitrogens with zero attached hydrogens (tertiary/aromatic N) is 2. The first-order valence-electron chi connectivity index (χ1n) is 8.77. The van der Waals surface area contributed by atoms with Crippen LogP contribution in [-0.4, -0.2) is 37.5 Å². The van der Waals surface area contributed by atoms with Crippen LogP contribution in [0.1, 0.15) is 16.7 Å². The molecule has 6 nitrogen and oxygen atoms in total. The third-order valence-corrected chi connectivity index (χ3v) is 4.00. The fourth-order valence-corrected chi connectivity index (χ4v) is 2.61. The maximum atomic E-state index is 12.7. The Balaban J connectivity index is 0.00000450. The van der Waals surface area contributed by atoms with Gasteiger partial charge in [0.25, 0.3) is 5.91 Å². The summed E-state index contributed by atoms with van der Waals surface area (Å²) >= 11 is 0. The number of aliphatic imine (C=N–C) groups is 1. The number of halogens is 4. The van der Waals surface area contributed by atoms with Crippen LogP contribution in [-0.2, 0) is 24.1 Å². The molecule has 1 amide bonds. The van der Waals surface area contributed by atoms with Crippen LogP contribution < -0.4 is 15.8 Å². The molecule has 2 rings (SSSR count). The molecular formula is C20H24F3IN4O2. The lowest BCUT2D eigenvalue weighted by molar-refractivity contribution is -0.137. The topological polar surface area (TPSA) is 80.0 Å². The normalized spacial score (nSPS) is 11.4. The van der Waals surface area contributed by atoms with E-state index in [0.29, 0.717) is 24.8 Å². The molecule has 0 aliphatic heterocycles. The van der Waals surface area contributed by atoms with Crippen molar-refractivity contribution in [2.75, 3.05) is 20.7 Å². The van der Waals surface area contributed by atoms with Crippen molar-refractivity contribution < 1.29 is 22.7 Å². The minimum absolute atomic E-state index is 0. The van der Waals surface area contributed by atoms with E-state index in [1.165, 1.54) is 12.1 Å². The second-order valence-electron chi connectivity index (χ2n) is 6.35. The lowest BCUT2D eigenvalue weighted by Crippen LogP contribution is -2.38. The zero-order chi connectivity index (χ0) is 21.4. The van der Waals surface area contributed by atoms with E-state index < -0.39 is 17.6 Å². The number of amides is 1. The number of primary amides is 1. The van der Waals surface area contributed by atoms with Gasteiger partial charge in [0.05, 0.1) is 5.56 Å². The van der Waals surface area contributed by atoms with Crippen LogP contribution >= 0.6 is 24.0 Å². The number of carbonyl (C=O) groups excluding carboxylic acids is 1. The van der Waals surface area contributed by atoms with Crippen molar-refractivity contribution in [1.82, 2.24) is 10.2 Å². The Morgan fingerprint density at radius 3 is 2.40 bits per heavy atom. The molecule has 164 valence electrons. The van der Waals surface area contributed by atoms with Gasteiger partial charge in [-0.05, 0) is 35.4 Å². The second-order valence-corrected chi connectivity index (χ2v) is 6.35. The maximum absolute atomic E-state index is 12.7. The number of benzene rings is 2. The summed E-state index contributed by atoms with van der Waals surface area (Å²) in [5.74, 6) is 0.545. The molecule has 10 heteroatoms. The van der Waals surface area contributed by atoms with Gasteiger partial charge in [0.15, 0.2) is 12.6 Å². The largest absolute Gasteiger partial charge is 0.484 e. The summed E-state index contributed by atoms with van der Waals surface area (Å²) in [6.45, 7) is 0.631. The smallest absolute Gasteiger partial charge is 0.416 e.